The van der Waals surface area contributed by atoms with E-state index >= 15 is 0 Å². The van der Waals surface area contributed by atoms with E-state index in [-0.39, 0.29) is 0 Å². The minimum atomic E-state index is 0.583. The van der Waals surface area contributed by atoms with Gasteiger partial charge >= 0.3 is 0 Å². The zero-order valence-corrected chi connectivity index (χ0v) is 13.5. The smallest absolute Gasteiger partial charge is 0.179 e. The van der Waals surface area contributed by atoms with Crippen molar-refractivity contribution in [1.29, 1.82) is 0 Å². The second kappa shape index (κ2) is 8.88. The van der Waals surface area contributed by atoms with E-state index < -0.39 is 0 Å². The van der Waals surface area contributed by atoms with Crippen LogP contribution >= 0.6 is 11.6 Å². The van der Waals surface area contributed by atoms with E-state index in [1.807, 2.05) is 12.1 Å². The average Bonchev–Trinajstić information content (AvgIpc) is 2.47. The van der Waals surface area contributed by atoms with Gasteiger partial charge in [0.15, 0.2) is 11.5 Å². The second-order valence-corrected chi connectivity index (χ2v) is 4.92. The van der Waals surface area contributed by atoms with Gasteiger partial charge in [-0.1, -0.05) is 37.1 Å². The van der Waals surface area contributed by atoms with Gasteiger partial charge in [0.1, 0.15) is 0 Å². The molecule has 0 saturated heterocycles. The largest absolute Gasteiger partial charge is 0.493 e. The third kappa shape index (κ3) is 4.43. The molecule has 0 radical (unpaired) electrons. The van der Waals surface area contributed by atoms with E-state index in [0.717, 1.165) is 31.5 Å². The van der Waals surface area contributed by atoms with Crippen LogP contribution < -0.4 is 14.8 Å². The van der Waals surface area contributed by atoms with Gasteiger partial charge < -0.3 is 14.8 Å². The number of hydrogen-bond donors (Lipinski definition) is 1. The minimum Gasteiger partial charge on any atom is -0.493 e. The minimum absolute atomic E-state index is 0.583. The van der Waals surface area contributed by atoms with Crippen molar-refractivity contribution in [3.63, 3.8) is 0 Å². The summed E-state index contributed by atoms with van der Waals surface area (Å²) < 4.78 is 10.6. The quantitative estimate of drug-likeness (QED) is 0.731. The summed E-state index contributed by atoms with van der Waals surface area (Å²) in [5, 5.41) is 4.00. The molecule has 1 aromatic rings. The Kier molecular flexibility index (Phi) is 7.48. The van der Waals surface area contributed by atoms with Crippen LogP contribution in [0.25, 0.3) is 6.08 Å². The van der Waals surface area contributed by atoms with E-state index in [1.54, 1.807) is 14.2 Å². The van der Waals surface area contributed by atoms with Crippen LogP contribution in [0.4, 0.5) is 0 Å². The molecule has 1 rings (SSSR count). The van der Waals surface area contributed by atoms with E-state index in [1.165, 1.54) is 5.57 Å². The maximum absolute atomic E-state index is 6.39. The molecule has 4 heteroatoms. The Bertz CT molecular complexity index is 458. The zero-order chi connectivity index (χ0) is 15.0. The van der Waals surface area contributed by atoms with Crippen LogP contribution in [0.2, 0.25) is 5.02 Å². The Labute approximate surface area is 126 Å². The molecule has 0 aromatic heterocycles. The fraction of sp³-hybridized carbons (Fsp3) is 0.500. The first-order valence-electron chi connectivity index (χ1n) is 6.98. The van der Waals surface area contributed by atoms with Gasteiger partial charge in [-0.3, -0.25) is 0 Å². The predicted octanol–water partition coefficient (Wildman–Crippen LogP) is 4.15. The summed E-state index contributed by atoms with van der Waals surface area (Å²) in [6.07, 6.45) is 4.24. The molecular weight excluding hydrogens is 274 g/mol. The lowest BCUT2D eigenvalue weighted by Gasteiger charge is -2.12. The molecule has 20 heavy (non-hydrogen) atoms. The molecule has 0 heterocycles. The fourth-order valence-corrected chi connectivity index (χ4v) is 2.23. The Morgan fingerprint density at radius 3 is 2.55 bits per heavy atom. The van der Waals surface area contributed by atoms with Gasteiger partial charge in [0.2, 0.25) is 0 Å². The highest BCUT2D eigenvalue weighted by Crippen LogP contribution is 2.38. The van der Waals surface area contributed by atoms with Crippen molar-refractivity contribution in [1.82, 2.24) is 5.32 Å². The van der Waals surface area contributed by atoms with Crippen molar-refractivity contribution in [2.75, 3.05) is 27.3 Å². The molecule has 0 amide bonds. The number of benzene rings is 1. The summed E-state index contributed by atoms with van der Waals surface area (Å²) in [4.78, 5) is 0. The van der Waals surface area contributed by atoms with E-state index in [2.05, 4.69) is 25.2 Å². The van der Waals surface area contributed by atoms with E-state index in [0.29, 0.717) is 16.5 Å². The molecule has 1 N–H and O–H groups in total. The molecule has 0 fully saturated rings. The van der Waals surface area contributed by atoms with Gasteiger partial charge in [0, 0.05) is 6.54 Å². The van der Waals surface area contributed by atoms with E-state index in [9.17, 15) is 0 Å². The molecule has 112 valence electrons. The first-order valence-corrected chi connectivity index (χ1v) is 7.36. The lowest BCUT2D eigenvalue weighted by molar-refractivity contribution is 0.355. The normalized spacial score (nSPS) is 11.6. The second-order valence-electron chi connectivity index (χ2n) is 4.54. The molecule has 0 aliphatic heterocycles. The maximum Gasteiger partial charge on any atom is 0.179 e. The number of rotatable bonds is 8. The molecule has 0 saturated carbocycles. The van der Waals surface area contributed by atoms with Crippen LogP contribution in [0, 0.1) is 0 Å². The summed E-state index contributed by atoms with van der Waals surface area (Å²) >= 11 is 6.39. The maximum atomic E-state index is 6.39. The van der Waals surface area contributed by atoms with Gasteiger partial charge in [-0.2, -0.15) is 0 Å². The fourth-order valence-electron chi connectivity index (χ4n) is 1.94. The van der Waals surface area contributed by atoms with Gasteiger partial charge in [-0.15, -0.1) is 0 Å². The lowest BCUT2D eigenvalue weighted by atomic mass is 10.1. The van der Waals surface area contributed by atoms with Crippen molar-refractivity contribution >= 4 is 17.7 Å². The summed E-state index contributed by atoms with van der Waals surface area (Å²) in [5.41, 5.74) is 2.27. The molecular formula is C16H24ClNO2. The molecule has 0 bridgehead atoms. The van der Waals surface area contributed by atoms with Crippen LogP contribution in [-0.2, 0) is 0 Å². The highest BCUT2D eigenvalue weighted by Gasteiger charge is 2.12. The number of nitrogens with one attached hydrogen (secondary N) is 1. The Morgan fingerprint density at radius 2 is 2.00 bits per heavy atom. The van der Waals surface area contributed by atoms with Crippen LogP contribution in [-0.4, -0.2) is 27.3 Å². The zero-order valence-electron chi connectivity index (χ0n) is 12.8. The van der Waals surface area contributed by atoms with Crippen LogP contribution in [0.1, 0.15) is 32.3 Å². The first-order chi connectivity index (χ1) is 9.67. The van der Waals surface area contributed by atoms with Gasteiger partial charge in [-0.05, 0) is 37.1 Å². The Balaban J connectivity index is 3.00. The van der Waals surface area contributed by atoms with Crippen molar-refractivity contribution in [2.45, 2.75) is 26.7 Å². The van der Waals surface area contributed by atoms with Crippen molar-refractivity contribution in [2.24, 2.45) is 0 Å². The van der Waals surface area contributed by atoms with Gasteiger partial charge in [-0.25, -0.2) is 0 Å². The Morgan fingerprint density at radius 1 is 1.25 bits per heavy atom. The van der Waals surface area contributed by atoms with Crippen molar-refractivity contribution < 1.29 is 9.47 Å². The molecule has 1 aromatic carbocycles. The lowest BCUT2D eigenvalue weighted by Crippen LogP contribution is -2.17. The Hall–Kier alpha value is -1.19. The molecule has 0 aliphatic carbocycles. The third-order valence-corrected chi connectivity index (χ3v) is 3.50. The summed E-state index contributed by atoms with van der Waals surface area (Å²) in [6.45, 7) is 6.22. The molecule has 0 aliphatic rings. The first kappa shape index (κ1) is 16.9. The highest BCUT2D eigenvalue weighted by molar-refractivity contribution is 6.33. The van der Waals surface area contributed by atoms with Gasteiger partial charge in [0.25, 0.3) is 0 Å². The summed E-state index contributed by atoms with van der Waals surface area (Å²) in [6, 6.07) is 3.84. The highest BCUT2D eigenvalue weighted by atomic mass is 35.5. The molecule has 0 spiro atoms. The number of hydrogen-bond acceptors (Lipinski definition) is 3. The standard InChI is InChI=1S/C16H24ClNO2/c1-5-9-18-11-12(6-2)10-13-7-8-14(19-3)16(20-4)15(13)17/h7-8,10,18H,5-6,9,11H2,1-4H3. The van der Waals surface area contributed by atoms with Crippen molar-refractivity contribution in [3.8, 4) is 11.5 Å². The topological polar surface area (TPSA) is 30.5 Å². The molecule has 0 atom stereocenters. The monoisotopic (exact) mass is 297 g/mol. The third-order valence-electron chi connectivity index (χ3n) is 3.11. The van der Waals surface area contributed by atoms with Gasteiger partial charge in [0.05, 0.1) is 19.2 Å². The SMILES string of the molecule is CCCNCC(=Cc1ccc(OC)c(OC)c1Cl)CC. The average molecular weight is 298 g/mol. The summed E-state index contributed by atoms with van der Waals surface area (Å²) in [7, 11) is 3.20. The van der Waals surface area contributed by atoms with Crippen LogP contribution in [0.15, 0.2) is 17.7 Å². The summed E-state index contributed by atoms with van der Waals surface area (Å²) in [5.74, 6) is 1.23. The molecule has 0 unspecified atom stereocenters. The van der Waals surface area contributed by atoms with E-state index in [4.69, 9.17) is 21.1 Å². The van der Waals surface area contributed by atoms with Crippen LogP contribution in [0.5, 0.6) is 11.5 Å². The number of ether oxygens (including phenoxy) is 2. The molecule has 3 nitrogen and oxygen atoms in total. The number of methoxy groups -OCH3 is 2. The van der Waals surface area contributed by atoms with Crippen molar-refractivity contribution in [3.05, 3.63) is 28.3 Å². The number of halogens is 1. The van der Waals surface area contributed by atoms with Crippen LogP contribution in [0.3, 0.4) is 0 Å². The predicted molar refractivity (Wildman–Crippen MR) is 86.0 cm³/mol.